The zero-order chi connectivity index (χ0) is 76.7. The van der Waals surface area contributed by atoms with Crippen molar-refractivity contribution in [3.05, 3.63) is 65.7 Å². The molecule has 3 fully saturated rings. The van der Waals surface area contributed by atoms with Gasteiger partial charge in [0.15, 0.2) is 12.6 Å². The first-order valence-corrected chi connectivity index (χ1v) is 33.1. The monoisotopic (exact) mass is 1460 g/mol. The van der Waals surface area contributed by atoms with Crippen LogP contribution in [0.1, 0.15) is 104 Å². The Kier molecular flexibility index (Phi) is 32.5. The number of nitrogens with two attached hydrogens (primary N) is 1. The van der Waals surface area contributed by atoms with Crippen LogP contribution in [0.3, 0.4) is 0 Å². The smallest absolute Gasteiger partial charge is 0.305 e. The van der Waals surface area contributed by atoms with Crippen molar-refractivity contribution in [3.63, 3.8) is 0 Å². The molecule has 2 aromatic carbocycles. The second-order valence-corrected chi connectivity index (χ2v) is 25.6. The number of ether oxygens (including phenoxy) is 4. The van der Waals surface area contributed by atoms with Gasteiger partial charge in [-0.15, -0.1) is 0 Å². The van der Waals surface area contributed by atoms with Gasteiger partial charge < -0.3 is 123 Å². The fourth-order valence-corrected chi connectivity index (χ4v) is 11.7. The Bertz CT molecular complexity index is 3320. The first kappa shape index (κ1) is 84.1. The van der Waals surface area contributed by atoms with Crippen molar-refractivity contribution < 1.29 is 132 Å². The number of amides is 11. The van der Waals surface area contributed by atoms with Gasteiger partial charge in [0.1, 0.15) is 103 Å². The van der Waals surface area contributed by atoms with Gasteiger partial charge in [0, 0.05) is 53.0 Å². The van der Waals surface area contributed by atoms with E-state index in [0.29, 0.717) is 11.1 Å². The van der Waals surface area contributed by atoms with Gasteiger partial charge >= 0.3 is 17.9 Å². The van der Waals surface area contributed by atoms with E-state index in [9.17, 15) is 113 Å². The van der Waals surface area contributed by atoms with Gasteiger partial charge in [-0.2, -0.15) is 0 Å². The molecular formula is C65H93N11O27. The normalized spacial score (nSPS) is 24.0. The number of nitrogens with zero attached hydrogens (tertiary/aromatic N) is 1. The maximum Gasteiger partial charge on any atom is 0.305 e. The van der Waals surface area contributed by atoms with E-state index in [1.165, 1.54) is 24.3 Å². The third-order valence-corrected chi connectivity index (χ3v) is 16.9. The number of phenolic OH excluding ortho intramolecular Hbond substituents is 1. The standard InChI is InChI=1S/C65H93N11O27/c1-29(2)23-42(74-59(95)40(24-34-11-8-7-9-12-34)72-60(96)41(26-48(86)87)73-58(94)39(67-31(4)78)25-35-14-16-36(81)17-15-35)63(99)76-22-10-13-43(76)61(97)71-38(19-21-47(84)85)57(93)75-49(62(98)70-37(56(66)92)18-20-46(82)83)30(3)101-65-51(69-33(6)80)55(91)53(89)45(103-65)28-100-64-50(68-32(5)79)54(90)52(88)44(27-77)102-64/h7-9,11-12,14-17,29-30,37-45,49-55,64-65,77,81,88-91H,10,13,18-28H2,1-6H3,(H2,66,92)(H,67,78)(H,68,79)(H,69,80)(H,70,98)(H,71,97)(H,72,96)(H,73,94)(H,74,95)(H,75,93)(H,82,83)(H,84,85)(H,86,87)/t30-,37+,38+,39+,40+,41+,42+,43+,44-,45-,49+,50-,51-,52-,53+,54-,55-,64-,65+/m1/s1. The Hall–Kier alpha value is -9.54. The molecule has 0 aromatic heterocycles. The summed E-state index contributed by atoms with van der Waals surface area (Å²) in [6, 6.07) is -3.09. The van der Waals surface area contributed by atoms with E-state index in [-0.39, 0.29) is 50.3 Å². The first-order valence-electron chi connectivity index (χ1n) is 33.1. The molecule has 0 bridgehead atoms. The fraction of sp³-hybridized carbons (Fsp3) is 0.600. The number of hydrogen-bond donors (Lipinski definition) is 19. The highest BCUT2D eigenvalue weighted by Crippen LogP contribution is 2.29. The van der Waals surface area contributed by atoms with E-state index in [1.54, 1.807) is 44.2 Å². The Morgan fingerprint density at radius 2 is 1.06 bits per heavy atom. The summed E-state index contributed by atoms with van der Waals surface area (Å²) in [7, 11) is 0. The van der Waals surface area contributed by atoms with Crippen molar-refractivity contribution in [1.29, 1.82) is 0 Å². The number of phenols is 1. The molecule has 0 radical (unpaired) electrons. The molecule has 570 valence electrons. The van der Waals surface area contributed by atoms with Crippen LogP contribution in [-0.2, 0) is 98.9 Å². The molecule has 19 atom stereocenters. The lowest BCUT2D eigenvalue weighted by molar-refractivity contribution is -0.308. The molecule has 3 heterocycles. The molecule has 0 spiro atoms. The molecule has 103 heavy (non-hydrogen) atoms. The van der Waals surface area contributed by atoms with E-state index in [1.807, 2.05) is 0 Å². The Morgan fingerprint density at radius 1 is 0.563 bits per heavy atom. The number of aliphatic hydroxyl groups is 5. The topological polar surface area (TPSA) is 596 Å². The Balaban J connectivity index is 1.43. The van der Waals surface area contributed by atoms with Gasteiger partial charge in [0.2, 0.25) is 65.0 Å². The molecule has 11 amide bonds. The lowest BCUT2D eigenvalue weighted by Crippen LogP contribution is -2.67. The Labute approximate surface area is 590 Å². The summed E-state index contributed by atoms with van der Waals surface area (Å²) in [5.74, 6) is -16.1. The van der Waals surface area contributed by atoms with E-state index >= 15 is 0 Å². The third-order valence-electron chi connectivity index (χ3n) is 16.9. The minimum atomic E-state index is -2.13. The van der Waals surface area contributed by atoms with Crippen LogP contribution in [0, 0.1) is 5.92 Å². The van der Waals surface area contributed by atoms with E-state index < -0.39 is 244 Å². The number of aliphatic carboxylic acids is 3. The molecule has 0 unspecified atom stereocenters. The minimum Gasteiger partial charge on any atom is -0.508 e. The quantitative estimate of drug-likeness (QED) is 0.0297. The average Bonchev–Trinajstić information content (AvgIpc) is 0.886. The van der Waals surface area contributed by atoms with Gasteiger partial charge in [0.05, 0.1) is 25.7 Å². The molecule has 3 aliphatic rings. The van der Waals surface area contributed by atoms with Gasteiger partial charge in [0.25, 0.3) is 0 Å². The van der Waals surface area contributed by atoms with Crippen LogP contribution in [0.5, 0.6) is 5.75 Å². The lowest BCUT2D eigenvalue weighted by atomic mass is 9.96. The van der Waals surface area contributed by atoms with Gasteiger partial charge in [-0.25, -0.2) is 0 Å². The number of benzene rings is 2. The number of carboxylic acids is 3. The van der Waals surface area contributed by atoms with Crippen LogP contribution in [-0.4, -0.2) is 269 Å². The zero-order valence-corrected chi connectivity index (χ0v) is 57.3. The number of likely N-dealkylation sites (tertiary alicyclic amines) is 1. The fourth-order valence-electron chi connectivity index (χ4n) is 11.7. The van der Waals surface area contributed by atoms with Gasteiger partial charge in [-0.05, 0) is 68.2 Å². The average molecular weight is 1460 g/mol. The minimum absolute atomic E-state index is 0.0870. The number of aliphatic hydroxyl groups excluding tert-OH is 5. The molecule has 3 aliphatic heterocycles. The predicted octanol–water partition coefficient (Wildman–Crippen LogP) is -6.37. The highest BCUT2D eigenvalue weighted by Gasteiger charge is 2.51. The van der Waals surface area contributed by atoms with Crippen molar-refractivity contribution in [3.8, 4) is 5.75 Å². The lowest BCUT2D eigenvalue weighted by Gasteiger charge is -2.45. The summed E-state index contributed by atoms with van der Waals surface area (Å²) < 4.78 is 23.5. The summed E-state index contributed by atoms with van der Waals surface area (Å²) in [5.41, 5.74) is 6.47. The second-order valence-electron chi connectivity index (χ2n) is 25.6. The molecular weight excluding hydrogens is 1370 g/mol. The van der Waals surface area contributed by atoms with E-state index in [0.717, 1.165) is 32.6 Å². The number of aromatic hydroxyl groups is 1. The maximum atomic E-state index is 14.9. The molecule has 3 saturated heterocycles. The first-order chi connectivity index (χ1) is 48.5. The number of carboxylic acid groups (broad SMARTS) is 3. The van der Waals surface area contributed by atoms with Crippen LogP contribution in [0.4, 0.5) is 0 Å². The predicted molar refractivity (Wildman–Crippen MR) is 351 cm³/mol. The number of primary amides is 1. The van der Waals surface area contributed by atoms with E-state index in [2.05, 4.69) is 47.9 Å². The molecule has 38 nitrogen and oxygen atoms in total. The van der Waals surface area contributed by atoms with Gasteiger partial charge in [-0.3, -0.25) is 67.1 Å². The number of carbonyl (C=O) groups excluding carboxylic acids is 11. The second kappa shape index (κ2) is 39.8. The zero-order valence-electron chi connectivity index (χ0n) is 57.3. The van der Waals surface area contributed by atoms with Crippen LogP contribution in [0.2, 0.25) is 0 Å². The van der Waals surface area contributed by atoms with Crippen molar-refractivity contribution in [2.24, 2.45) is 11.7 Å². The van der Waals surface area contributed by atoms with Crippen LogP contribution >= 0.6 is 0 Å². The van der Waals surface area contributed by atoms with Crippen molar-refractivity contribution in [1.82, 2.24) is 52.8 Å². The van der Waals surface area contributed by atoms with Crippen molar-refractivity contribution >= 4 is 82.9 Å². The molecule has 5 rings (SSSR count). The van der Waals surface area contributed by atoms with Crippen LogP contribution in [0.15, 0.2) is 54.6 Å². The van der Waals surface area contributed by atoms with Crippen LogP contribution < -0.4 is 53.6 Å². The van der Waals surface area contributed by atoms with Crippen molar-refractivity contribution in [2.45, 2.75) is 221 Å². The Morgan fingerprint density at radius 3 is 1.59 bits per heavy atom. The summed E-state index contributed by atoms with van der Waals surface area (Å²) >= 11 is 0. The molecule has 2 aromatic rings. The molecule has 0 saturated carbocycles. The SMILES string of the molecule is CC(=O)N[C@H]1[C@@H](O[C@H](C)[C@H](NC(=O)[C@H](CCC(=O)O)NC(=O)[C@@H]2CCCN2C(=O)[C@H](CC(C)C)NC(=O)[C@H](Cc2ccccc2)NC(=O)[C@H](CC(=O)O)NC(=O)[C@H](Cc2ccc(O)cc2)NC(C)=O)C(=O)N[C@@H](CCC(=O)O)C(N)=O)O[C@H](CO[C@@H]2O[C@H](CO)[C@@H](O)[C@H](O)[C@H]2NC(C)=O)[C@H](O)[C@@H]1O. The summed E-state index contributed by atoms with van der Waals surface area (Å²) in [6.07, 6.45) is -20.6. The highest BCUT2D eigenvalue weighted by atomic mass is 16.7. The molecule has 20 N–H and O–H groups in total. The number of rotatable bonds is 38. The molecule has 38 heteroatoms. The summed E-state index contributed by atoms with van der Waals surface area (Å²) in [6.45, 7) is 5.89. The summed E-state index contributed by atoms with van der Waals surface area (Å²) in [5, 5.41) is 115. The maximum absolute atomic E-state index is 14.9. The molecule has 0 aliphatic carbocycles. The van der Waals surface area contributed by atoms with Crippen molar-refractivity contribution in [2.75, 3.05) is 19.8 Å². The number of nitrogens with one attached hydrogen (secondary N) is 9. The summed E-state index contributed by atoms with van der Waals surface area (Å²) in [4.78, 5) is 188. The number of hydrogen-bond acceptors (Lipinski definition) is 24. The third kappa shape index (κ3) is 25.7. The van der Waals surface area contributed by atoms with Gasteiger partial charge in [-0.1, -0.05) is 56.3 Å². The van der Waals surface area contributed by atoms with Crippen LogP contribution in [0.25, 0.3) is 0 Å². The van der Waals surface area contributed by atoms with E-state index in [4.69, 9.17) is 24.7 Å². The highest BCUT2D eigenvalue weighted by molar-refractivity contribution is 5.99. The largest absolute Gasteiger partial charge is 0.508 e. The number of carbonyl (C=O) groups is 14.